The van der Waals surface area contributed by atoms with Crippen LogP contribution in [0.2, 0.25) is 0 Å². The largest absolute Gasteiger partial charge is 0.444 e. The van der Waals surface area contributed by atoms with Crippen LogP contribution in [0.1, 0.15) is 20.8 Å². The van der Waals surface area contributed by atoms with Crippen molar-refractivity contribution in [2.24, 2.45) is 0 Å². The van der Waals surface area contributed by atoms with Crippen molar-refractivity contribution in [2.75, 3.05) is 18.1 Å². The summed E-state index contributed by atoms with van der Waals surface area (Å²) < 4.78 is 5.21. The van der Waals surface area contributed by atoms with E-state index in [0.29, 0.717) is 12.3 Å². The molecule has 1 unspecified atom stereocenters. The lowest BCUT2D eigenvalue weighted by atomic mass is 10.2. The molecule has 1 amide bonds. The molecular weight excluding hydrogens is 214 g/mol. The molecular formula is C10H16NO3S. The van der Waals surface area contributed by atoms with E-state index in [9.17, 15) is 9.59 Å². The van der Waals surface area contributed by atoms with E-state index >= 15 is 0 Å². The van der Waals surface area contributed by atoms with Crippen molar-refractivity contribution in [3.05, 3.63) is 0 Å². The molecule has 0 bridgehead atoms. The van der Waals surface area contributed by atoms with Crippen molar-refractivity contribution in [3.63, 3.8) is 0 Å². The Labute approximate surface area is 94.3 Å². The van der Waals surface area contributed by atoms with Crippen LogP contribution in [0.5, 0.6) is 0 Å². The Hall–Kier alpha value is -0.710. The van der Waals surface area contributed by atoms with Crippen LogP contribution in [0.4, 0.5) is 4.79 Å². The normalized spacial score (nSPS) is 22.3. The summed E-state index contributed by atoms with van der Waals surface area (Å²) in [5, 5.41) is 0. The van der Waals surface area contributed by atoms with E-state index in [1.54, 1.807) is 11.8 Å². The van der Waals surface area contributed by atoms with Crippen molar-refractivity contribution >= 4 is 24.1 Å². The minimum Gasteiger partial charge on any atom is -0.444 e. The highest BCUT2D eigenvalue weighted by Crippen LogP contribution is 2.18. The second-order valence-electron chi connectivity index (χ2n) is 4.38. The molecule has 1 atom stereocenters. The number of amides is 1. The number of hydrogen-bond acceptors (Lipinski definition) is 4. The number of nitrogens with zero attached hydrogens (tertiary/aromatic N) is 1. The van der Waals surface area contributed by atoms with Gasteiger partial charge in [-0.15, -0.1) is 0 Å². The van der Waals surface area contributed by atoms with E-state index < -0.39 is 17.7 Å². The molecule has 0 aromatic rings. The van der Waals surface area contributed by atoms with Crippen LogP contribution in [0.15, 0.2) is 0 Å². The number of hydrogen-bond donors (Lipinski definition) is 0. The molecule has 1 aliphatic heterocycles. The molecule has 0 aromatic heterocycles. The summed E-state index contributed by atoms with van der Waals surface area (Å²) in [6, 6.07) is -0.460. The Morgan fingerprint density at radius 1 is 1.53 bits per heavy atom. The van der Waals surface area contributed by atoms with Crippen LogP contribution >= 0.6 is 11.8 Å². The summed E-state index contributed by atoms with van der Waals surface area (Å²) in [5.41, 5.74) is -0.519. The maximum Gasteiger partial charge on any atom is 0.410 e. The fourth-order valence-corrected chi connectivity index (χ4v) is 2.20. The summed E-state index contributed by atoms with van der Waals surface area (Å²) in [7, 11) is 0. The third-order valence-electron chi connectivity index (χ3n) is 1.89. The van der Waals surface area contributed by atoms with Gasteiger partial charge in [-0.2, -0.15) is 11.8 Å². The number of ether oxygens (including phenoxy) is 1. The van der Waals surface area contributed by atoms with Crippen LogP contribution in [0.3, 0.4) is 0 Å². The highest BCUT2D eigenvalue weighted by atomic mass is 32.2. The first-order valence-corrected chi connectivity index (χ1v) is 6.04. The molecule has 1 rings (SSSR count). The quantitative estimate of drug-likeness (QED) is 0.684. The molecule has 15 heavy (non-hydrogen) atoms. The Balaban J connectivity index is 2.60. The summed E-state index contributed by atoms with van der Waals surface area (Å²) >= 11 is 1.65. The second kappa shape index (κ2) is 4.88. The van der Waals surface area contributed by atoms with Crippen LogP contribution in [-0.4, -0.2) is 47.0 Å². The Morgan fingerprint density at radius 3 is 2.73 bits per heavy atom. The van der Waals surface area contributed by atoms with Crippen LogP contribution in [0, 0.1) is 0 Å². The average Bonchev–Trinajstić information content (AvgIpc) is 2.15. The van der Waals surface area contributed by atoms with Gasteiger partial charge in [-0.1, -0.05) is 0 Å². The minimum absolute atomic E-state index is 0.420. The highest BCUT2D eigenvalue weighted by molar-refractivity contribution is 7.99. The SMILES string of the molecule is CC(C)(C)OC(=O)N1CCSCC1[C]=O. The number of thioether (sulfide) groups is 1. The zero-order chi connectivity index (χ0) is 11.5. The maximum atomic E-state index is 11.7. The minimum atomic E-state index is -0.519. The van der Waals surface area contributed by atoms with Crippen molar-refractivity contribution in [2.45, 2.75) is 32.4 Å². The third-order valence-corrected chi connectivity index (χ3v) is 2.92. The predicted octanol–water partition coefficient (Wildman–Crippen LogP) is 1.45. The zero-order valence-corrected chi connectivity index (χ0v) is 10.1. The monoisotopic (exact) mass is 230 g/mol. The Morgan fingerprint density at radius 2 is 2.20 bits per heavy atom. The van der Waals surface area contributed by atoms with Gasteiger partial charge in [0.25, 0.3) is 0 Å². The molecule has 0 saturated carbocycles. The van der Waals surface area contributed by atoms with Crippen molar-refractivity contribution in [1.82, 2.24) is 4.90 Å². The standard InChI is InChI=1S/C10H16NO3S/c1-10(2,3)14-9(13)11-4-5-15-7-8(11)6-12/h8H,4-5,7H2,1-3H3. The number of carbonyl (C=O) groups is 1. The smallest absolute Gasteiger partial charge is 0.410 e. The molecule has 85 valence electrons. The molecule has 0 N–H and O–H groups in total. The third kappa shape index (κ3) is 3.74. The van der Waals surface area contributed by atoms with Gasteiger partial charge in [0.05, 0.1) is 0 Å². The fraction of sp³-hybridized carbons (Fsp3) is 0.800. The van der Waals surface area contributed by atoms with E-state index in [1.165, 1.54) is 4.90 Å². The van der Waals surface area contributed by atoms with Gasteiger partial charge in [0.2, 0.25) is 6.29 Å². The average molecular weight is 230 g/mol. The van der Waals surface area contributed by atoms with Crippen LogP contribution < -0.4 is 0 Å². The predicted molar refractivity (Wildman–Crippen MR) is 59.7 cm³/mol. The first-order valence-electron chi connectivity index (χ1n) is 4.89. The molecule has 0 aromatic carbocycles. The molecule has 0 spiro atoms. The number of rotatable bonds is 1. The van der Waals surface area contributed by atoms with E-state index in [2.05, 4.69) is 0 Å². The van der Waals surface area contributed by atoms with Crippen molar-refractivity contribution in [1.29, 1.82) is 0 Å². The van der Waals surface area contributed by atoms with Gasteiger partial charge in [0.15, 0.2) is 0 Å². The van der Waals surface area contributed by atoms with E-state index in [0.717, 1.165) is 5.75 Å². The maximum absolute atomic E-state index is 11.7. The topological polar surface area (TPSA) is 46.6 Å². The van der Waals surface area contributed by atoms with E-state index in [-0.39, 0.29) is 0 Å². The van der Waals surface area contributed by atoms with Gasteiger partial charge < -0.3 is 4.74 Å². The van der Waals surface area contributed by atoms with Gasteiger partial charge in [-0.25, -0.2) is 4.79 Å². The first kappa shape index (κ1) is 12.4. The van der Waals surface area contributed by atoms with Gasteiger partial charge >= 0.3 is 6.09 Å². The summed E-state index contributed by atoms with van der Waals surface area (Å²) in [4.78, 5) is 23.8. The fourth-order valence-electron chi connectivity index (χ4n) is 1.24. The highest BCUT2D eigenvalue weighted by Gasteiger charge is 2.30. The first-order chi connectivity index (χ1) is 6.94. The van der Waals surface area contributed by atoms with Gasteiger partial charge in [-0.3, -0.25) is 9.69 Å². The molecule has 1 radical (unpaired) electrons. The van der Waals surface area contributed by atoms with Gasteiger partial charge in [0, 0.05) is 18.1 Å². The Kier molecular flexibility index (Phi) is 4.02. The van der Waals surface area contributed by atoms with Gasteiger partial charge in [0.1, 0.15) is 11.6 Å². The summed E-state index contributed by atoms with van der Waals surface area (Å²) in [5.74, 6) is 1.46. The van der Waals surface area contributed by atoms with Gasteiger partial charge in [-0.05, 0) is 20.8 Å². The second-order valence-corrected chi connectivity index (χ2v) is 5.53. The molecule has 5 heteroatoms. The lowest BCUT2D eigenvalue weighted by Crippen LogP contribution is -2.48. The zero-order valence-electron chi connectivity index (χ0n) is 9.28. The number of carbonyl (C=O) groups excluding carboxylic acids is 2. The van der Waals surface area contributed by atoms with Crippen LogP contribution in [0.25, 0.3) is 0 Å². The lowest BCUT2D eigenvalue weighted by molar-refractivity contribution is 0.0233. The van der Waals surface area contributed by atoms with Crippen LogP contribution in [-0.2, 0) is 9.53 Å². The van der Waals surface area contributed by atoms with Crippen molar-refractivity contribution in [3.8, 4) is 0 Å². The van der Waals surface area contributed by atoms with E-state index in [1.807, 2.05) is 27.1 Å². The Bertz CT molecular complexity index is 250. The molecule has 1 saturated heterocycles. The molecule has 0 aliphatic carbocycles. The lowest BCUT2D eigenvalue weighted by Gasteiger charge is -2.33. The van der Waals surface area contributed by atoms with Crippen molar-refractivity contribution < 1.29 is 14.3 Å². The van der Waals surface area contributed by atoms with E-state index in [4.69, 9.17) is 4.74 Å². The molecule has 4 nitrogen and oxygen atoms in total. The summed E-state index contributed by atoms with van der Waals surface area (Å²) in [6.07, 6.45) is 1.45. The molecule has 1 fully saturated rings. The molecule has 1 aliphatic rings. The molecule has 1 heterocycles. The summed E-state index contributed by atoms with van der Waals surface area (Å²) in [6.45, 7) is 5.98.